The number of ether oxygens (including phenoxy) is 2. The van der Waals surface area contributed by atoms with Gasteiger partial charge in [-0.05, 0) is 17.2 Å². The lowest BCUT2D eigenvalue weighted by molar-refractivity contribution is -0.115. The highest BCUT2D eigenvalue weighted by atomic mass is 16.6. The molecule has 2 aromatic carbocycles. The fourth-order valence-corrected chi connectivity index (χ4v) is 2.93. The van der Waals surface area contributed by atoms with Crippen LogP contribution in [-0.2, 0) is 17.8 Å². The van der Waals surface area contributed by atoms with Gasteiger partial charge in [0.05, 0.1) is 12.1 Å². The average Bonchev–Trinajstić information content (AvgIpc) is 2.97. The van der Waals surface area contributed by atoms with E-state index < -0.39 is 0 Å². The van der Waals surface area contributed by atoms with Gasteiger partial charge in [0.2, 0.25) is 5.91 Å². The minimum absolute atomic E-state index is 0.00123. The van der Waals surface area contributed by atoms with Crippen molar-refractivity contribution in [3.8, 4) is 11.5 Å². The maximum Gasteiger partial charge on any atom is 0.228 e. The van der Waals surface area contributed by atoms with Crippen LogP contribution in [0.3, 0.4) is 0 Å². The third-order valence-electron chi connectivity index (χ3n) is 4.08. The first-order valence-electron chi connectivity index (χ1n) is 7.79. The van der Waals surface area contributed by atoms with Crippen molar-refractivity contribution >= 4 is 11.6 Å². The lowest BCUT2D eigenvalue weighted by atomic mass is 10.1. The first-order chi connectivity index (χ1) is 11.3. The van der Waals surface area contributed by atoms with E-state index in [9.17, 15) is 4.79 Å². The number of hydrogen-bond acceptors (Lipinski definition) is 4. The molecule has 2 heterocycles. The van der Waals surface area contributed by atoms with E-state index in [0.29, 0.717) is 31.1 Å². The number of fused-ring (bicyclic) bond motifs is 3. The van der Waals surface area contributed by atoms with E-state index in [2.05, 4.69) is 22.8 Å². The third-order valence-corrected chi connectivity index (χ3v) is 4.08. The first kappa shape index (κ1) is 14.1. The highest BCUT2D eigenvalue weighted by molar-refractivity contribution is 6.01. The van der Waals surface area contributed by atoms with Crippen molar-refractivity contribution in [2.45, 2.75) is 19.1 Å². The largest absolute Gasteiger partial charge is 0.486 e. The monoisotopic (exact) mass is 310 g/mol. The minimum Gasteiger partial charge on any atom is -0.486 e. The Morgan fingerprint density at radius 2 is 2.04 bits per heavy atom. The normalized spacial score (nSPS) is 18.4. The van der Waals surface area contributed by atoms with Crippen molar-refractivity contribution in [3.63, 3.8) is 0 Å². The predicted octanol–water partition coefficient (Wildman–Crippen LogP) is 2.11. The SMILES string of the molecule is O=C1Cc2ccc3c(c2N1)O[C@@H](CNCc1ccccc1)CO3. The second-order valence-corrected chi connectivity index (χ2v) is 5.82. The van der Waals surface area contributed by atoms with Crippen LogP contribution in [0.15, 0.2) is 42.5 Å². The molecule has 0 bridgehead atoms. The van der Waals surface area contributed by atoms with Crippen LogP contribution in [0.25, 0.3) is 0 Å². The van der Waals surface area contributed by atoms with Crippen LogP contribution >= 0.6 is 0 Å². The summed E-state index contributed by atoms with van der Waals surface area (Å²) in [6.45, 7) is 1.98. The van der Waals surface area contributed by atoms with Gasteiger partial charge in [0.15, 0.2) is 11.5 Å². The van der Waals surface area contributed by atoms with Gasteiger partial charge >= 0.3 is 0 Å². The van der Waals surface area contributed by atoms with Crippen LogP contribution in [0, 0.1) is 0 Å². The second kappa shape index (κ2) is 5.93. The topological polar surface area (TPSA) is 59.6 Å². The van der Waals surface area contributed by atoms with Crippen LogP contribution < -0.4 is 20.1 Å². The second-order valence-electron chi connectivity index (χ2n) is 5.82. The molecule has 5 nitrogen and oxygen atoms in total. The molecule has 0 fully saturated rings. The van der Waals surface area contributed by atoms with E-state index in [0.717, 1.165) is 17.8 Å². The Morgan fingerprint density at radius 1 is 1.17 bits per heavy atom. The number of carbonyl (C=O) groups is 1. The summed E-state index contributed by atoms with van der Waals surface area (Å²) in [4.78, 5) is 11.6. The van der Waals surface area contributed by atoms with E-state index in [-0.39, 0.29) is 12.0 Å². The molecule has 2 N–H and O–H groups in total. The summed E-state index contributed by atoms with van der Waals surface area (Å²) in [5.41, 5.74) is 2.97. The molecular weight excluding hydrogens is 292 g/mol. The number of carbonyl (C=O) groups excluding carboxylic acids is 1. The summed E-state index contributed by atoms with van der Waals surface area (Å²) >= 11 is 0. The minimum atomic E-state index is -0.0739. The molecule has 2 aromatic rings. The van der Waals surface area contributed by atoms with Crippen LogP contribution in [-0.4, -0.2) is 25.2 Å². The van der Waals surface area contributed by atoms with Crippen molar-refractivity contribution in [2.75, 3.05) is 18.5 Å². The van der Waals surface area contributed by atoms with Gasteiger partial charge in [-0.15, -0.1) is 0 Å². The van der Waals surface area contributed by atoms with E-state index in [1.807, 2.05) is 30.3 Å². The molecule has 5 heteroatoms. The quantitative estimate of drug-likeness (QED) is 0.908. The van der Waals surface area contributed by atoms with Gasteiger partial charge in [-0.3, -0.25) is 4.79 Å². The van der Waals surface area contributed by atoms with Crippen molar-refractivity contribution in [2.24, 2.45) is 0 Å². The summed E-state index contributed by atoms with van der Waals surface area (Å²) in [6.07, 6.45) is 0.332. The van der Waals surface area contributed by atoms with Gasteiger partial charge in [-0.1, -0.05) is 36.4 Å². The zero-order valence-corrected chi connectivity index (χ0v) is 12.7. The number of anilines is 1. The maximum absolute atomic E-state index is 11.6. The van der Waals surface area contributed by atoms with Crippen LogP contribution in [0.4, 0.5) is 5.69 Å². The lowest BCUT2D eigenvalue weighted by Gasteiger charge is -2.28. The Kier molecular flexibility index (Phi) is 3.63. The van der Waals surface area contributed by atoms with Crippen molar-refractivity contribution < 1.29 is 14.3 Å². The Hall–Kier alpha value is -2.53. The molecule has 23 heavy (non-hydrogen) atoms. The zero-order chi connectivity index (χ0) is 15.6. The van der Waals surface area contributed by atoms with Crippen LogP contribution in [0.1, 0.15) is 11.1 Å². The summed E-state index contributed by atoms with van der Waals surface area (Å²) < 4.78 is 11.8. The smallest absolute Gasteiger partial charge is 0.228 e. The molecule has 0 radical (unpaired) electrons. The highest BCUT2D eigenvalue weighted by Gasteiger charge is 2.29. The number of benzene rings is 2. The molecule has 0 saturated heterocycles. The van der Waals surface area contributed by atoms with E-state index >= 15 is 0 Å². The molecule has 0 saturated carbocycles. The van der Waals surface area contributed by atoms with Gasteiger partial charge in [0.1, 0.15) is 12.7 Å². The Balaban J connectivity index is 1.41. The molecule has 1 amide bonds. The summed E-state index contributed by atoms with van der Waals surface area (Å²) in [7, 11) is 0. The predicted molar refractivity (Wildman–Crippen MR) is 86.8 cm³/mol. The molecule has 118 valence electrons. The zero-order valence-electron chi connectivity index (χ0n) is 12.7. The molecule has 2 aliphatic rings. The number of nitrogens with one attached hydrogen (secondary N) is 2. The highest BCUT2D eigenvalue weighted by Crippen LogP contribution is 2.43. The van der Waals surface area contributed by atoms with Gasteiger partial charge in [-0.2, -0.15) is 0 Å². The molecule has 0 aliphatic carbocycles. The number of hydrogen-bond donors (Lipinski definition) is 2. The molecule has 1 atom stereocenters. The van der Waals surface area contributed by atoms with Crippen molar-refractivity contribution in [3.05, 3.63) is 53.6 Å². The third kappa shape index (κ3) is 2.87. The Labute approximate surface area is 134 Å². The van der Waals surface area contributed by atoms with Crippen molar-refractivity contribution in [1.82, 2.24) is 5.32 Å². The Morgan fingerprint density at radius 3 is 2.91 bits per heavy atom. The molecular formula is C18H18N2O3. The van der Waals surface area contributed by atoms with E-state index in [1.54, 1.807) is 0 Å². The average molecular weight is 310 g/mol. The Bertz CT molecular complexity index is 731. The standard InChI is InChI=1S/C18H18N2O3/c21-16-8-13-6-7-15-18(17(13)20-16)23-14(11-22-15)10-19-9-12-4-2-1-3-5-12/h1-7,14,19H,8-11H2,(H,20,21)/t14-/m0/s1. The van der Waals surface area contributed by atoms with Gasteiger partial charge in [0, 0.05) is 13.1 Å². The fourth-order valence-electron chi connectivity index (χ4n) is 2.93. The maximum atomic E-state index is 11.6. The number of rotatable bonds is 4. The molecule has 0 unspecified atom stereocenters. The van der Waals surface area contributed by atoms with Crippen LogP contribution in [0.2, 0.25) is 0 Å². The molecule has 4 rings (SSSR count). The van der Waals surface area contributed by atoms with Crippen LogP contribution in [0.5, 0.6) is 11.5 Å². The van der Waals surface area contributed by atoms with E-state index in [1.165, 1.54) is 5.56 Å². The van der Waals surface area contributed by atoms with Crippen molar-refractivity contribution in [1.29, 1.82) is 0 Å². The summed E-state index contributed by atoms with van der Waals surface area (Å²) in [5, 5.41) is 6.25. The fraction of sp³-hybridized carbons (Fsp3) is 0.278. The summed E-state index contributed by atoms with van der Waals surface area (Å²) in [6, 6.07) is 14.0. The molecule has 2 aliphatic heterocycles. The van der Waals surface area contributed by atoms with Gasteiger partial charge in [0.25, 0.3) is 0 Å². The van der Waals surface area contributed by atoms with Gasteiger partial charge < -0.3 is 20.1 Å². The van der Waals surface area contributed by atoms with E-state index in [4.69, 9.17) is 9.47 Å². The lowest BCUT2D eigenvalue weighted by Crippen LogP contribution is -2.38. The van der Waals surface area contributed by atoms with Gasteiger partial charge in [-0.25, -0.2) is 0 Å². The first-order valence-corrected chi connectivity index (χ1v) is 7.79. The molecule has 0 spiro atoms. The summed E-state index contributed by atoms with van der Waals surface area (Å²) in [5.74, 6) is 1.36. The number of amides is 1. The molecule has 0 aromatic heterocycles.